The Morgan fingerprint density at radius 1 is 1.30 bits per heavy atom. The van der Waals surface area contributed by atoms with Crippen molar-refractivity contribution >= 4 is 21.8 Å². The van der Waals surface area contributed by atoms with Gasteiger partial charge in [-0.3, -0.25) is 4.79 Å². The van der Waals surface area contributed by atoms with Crippen molar-refractivity contribution in [3.05, 3.63) is 0 Å². The van der Waals surface area contributed by atoms with Crippen LogP contribution in [0.5, 0.6) is 0 Å². The molecule has 2 saturated heterocycles. The second kappa shape index (κ2) is 5.23. The summed E-state index contributed by atoms with van der Waals surface area (Å²) in [6, 6.07) is -0.298. The fourth-order valence-corrected chi connectivity index (χ4v) is 4.87. The minimum absolute atomic E-state index is 0.0304. The highest BCUT2D eigenvalue weighted by Gasteiger charge is 2.40. The van der Waals surface area contributed by atoms with E-state index in [-0.39, 0.29) is 23.5 Å². The number of aliphatic carboxylic acids is 1. The SMILES string of the molecule is CC1(NC(=O)N2CCC(C(=O)O)CC2)CCS(=O)(=O)C1. The molecule has 2 fully saturated rings. The van der Waals surface area contributed by atoms with Crippen LogP contribution in [0.1, 0.15) is 26.2 Å². The summed E-state index contributed by atoms with van der Waals surface area (Å²) in [7, 11) is -3.06. The first-order valence-electron chi connectivity index (χ1n) is 6.71. The van der Waals surface area contributed by atoms with Crippen molar-refractivity contribution in [2.45, 2.75) is 31.7 Å². The number of hydrogen-bond acceptors (Lipinski definition) is 4. The third-order valence-corrected chi connectivity index (χ3v) is 5.95. The first-order chi connectivity index (χ1) is 9.21. The number of nitrogens with zero attached hydrogens (tertiary/aromatic N) is 1. The van der Waals surface area contributed by atoms with Gasteiger partial charge in [0.25, 0.3) is 0 Å². The number of carboxylic acid groups (broad SMARTS) is 1. The third kappa shape index (κ3) is 3.41. The lowest BCUT2D eigenvalue weighted by Crippen LogP contribution is -2.54. The predicted molar refractivity (Wildman–Crippen MR) is 72.1 cm³/mol. The number of likely N-dealkylation sites (tertiary alicyclic amines) is 1. The van der Waals surface area contributed by atoms with Crippen molar-refractivity contribution in [1.29, 1.82) is 0 Å². The number of hydrogen-bond donors (Lipinski definition) is 2. The van der Waals surface area contributed by atoms with E-state index in [9.17, 15) is 18.0 Å². The maximum Gasteiger partial charge on any atom is 0.317 e. The smallest absolute Gasteiger partial charge is 0.317 e. The summed E-state index contributed by atoms with van der Waals surface area (Å²) in [5.74, 6) is -1.14. The van der Waals surface area contributed by atoms with Crippen LogP contribution in [-0.2, 0) is 14.6 Å². The number of urea groups is 1. The highest BCUT2D eigenvalue weighted by Crippen LogP contribution is 2.24. The zero-order valence-electron chi connectivity index (χ0n) is 11.5. The van der Waals surface area contributed by atoms with E-state index >= 15 is 0 Å². The zero-order chi connectivity index (χ0) is 15.0. The van der Waals surface area contributed by atoms with Gasteiger partial charge in [-0.25, -0.2) is 13.2 Å². The van der Waals surface area contributed by atoms with Crippen LogP contribution in [0.3, 0.4) is 0 Å². The number of carbonyl (C=O) groups excluding carboxylic acids is 1. The van der Waals surface area contributed by atoms with E-state index in [2.05, 4.69) is 5.32 Å². The number of carbonyl (C=O) groups is 2. The molecule has 1 unspecified atom stereocenters. The molecule has 0 aliphatic carbocycles. The molecule has 2 aliphatic heterocycles. The van der Waals surface area contributed by atoms with Crippen molar-refractivity contribution in [2.24, 2.45) is 5.92 Å². The van der Waals surface area contributed by atoms with Gasteiger partial charge in [0, 0.05) is 13.1 Å². The summed E-state index contributed by atoms with van der Waals surface area (Å²) in [5.41, 5.74) is -0.709. The lowest BCUT2D eigenvalue weighted by atomic mass is 9.97. The maximum absolute atomic E-state index is 12.1. The first kappa shape index (κ1) is 15.1. The van der Waals surface area contributed by atoms with Gasteiger partial charge in [-0.1, -0.05) is 0 Å². The Kier molecular flexibility index (Phi) is 3.95. The second-order valence-electron chi connectivity index (χ2n) is 5.93. The Morgan fingerprint density at radius 3 is 2.35 bits per heavy atom. The molecule has 2 rings (SSSR count). The Bertz CT molecular complexity index is 510. The van der Waals surface area contributed by atoms with E-state index in [1.54, 1.807) is 11.8 Å². The van der Waals surface area contributed by atoms with Crippen LogP contribution in [0.25, 0.3) is 0 Å². The van der Waals surface area contributed by atoms with Gasteiger partial charge in [0.2, 0.25) is 0 Å². The summed E-state index contributed by atoms with van der Waals surface area (Å²) < 4.78 is 23.0. The molecule has 114 valence electrons. The van der Waals surface area contributed by atoms with Crippen LogP contribution in [0, 0.1) is 5.92 Å². The molecule has 0 spiro atoms. The Labute approximate surface area is 118 Å². The second-order valence-corrected chi connectivity index (χ2v) is 8.12. The first-order valence-corrected chi connectivity index (χ1v) is 8.53. The molecule has 7 nitrogen and oxygen atoms in total. The molecule has 0 aromatic rings. The molecule has 8 heteroatoms. The van der Waals surface area contributed by atoms with E-state index < -0.39 is 21.3 Å². The minimum Gasteiger partial charge on any atom is -0.481 e. The van der Waals surface area contributed by atoms with E-state index in [0.717, 1.165) is 0 Å². The topological polar surface area (TPSA) is 104 Å². The lowest BCUT2D eigenvalue weighted by Gasteiger charge is -2.33. The molecule has 0 bridgehead atoms. The van der Waals surface area contributed by atoms with E-state index in [1.165, 1.54) is 0 Å². The number of amides is 2. The number of rotatable bonds is 2. The molecule has 0 saturated carbocycles. The molecular weight excluding hydrogens is 284 g/mol. The fraction of sp³-hybridized carbons (Fsp3) is 0.833. The van der Waals surface area contributed by atoms with Crippen molar-refractivity contribution in [2.75, 3.05) is 24.6 Å². The molecule has 1 atom stereocenters. The van der Waals surface area contributed by atoms with E-state index in [4.69, 9.17) is 5.11 Å². The van der Waals surface area contributed by atoms with Gasteiger partial charge in [0.15, 0.2) is 9.84 Å². The van der Waals surface area contributed by atoms with E-state index in [0.29, 0.717) is 32.4 Å². The predicted octanol–water partition coefficient (Wildman–Crippen LogP) is 0.0698. The molecule has 2 N–H and O–H groups in total. The molecule has 2 aliphatic rings. The van der Waals surface area contributed by atoms with Crippen LogP contribution in [0.15, 0.2) is 0 Å². The standard InChI is InChI=1S/C12H20N2O5S/c1-12(4-7-20(18,19)8-12)13-11(17)14-5-2-9(3-6-14)10(15)16/h9H,2-8H2,1H3,(H,13,17)(H,15,16). The molecule has 0 aromatic heterocycles. The number of nitrogens with one attached hydrogen (secondary N) is 1. The molecule has 2 heterocycles. The third-order valence-electron chi connectivity index (χ3n) is 4.04. The minimum atomic E-state index is -3.06. The molecule has 0 aromatic carbocycles. The highest BCUT2D eigenvalue weighted by molar-refractivity contribution is 7.91. The number of piperidine rings is 1. The van der Waals surface area contributed by atoms with Crippen molar-refractivity contribution in [1.82, 2.24) is 10.2 Å². The summed E-state index contributed by atoms with van der Waals surface area (Å²) in [6.45, 7) is 2.52. The van der Waals surface area contributed by atoms with Gasteiger partial charge in [-0.15, -0.1) is 0 Å². The Balaban J connectivity index is 1.89. The van der Waals surface area contributed by atoms with Gasteiger partial charge in [0.1, 0.15) is 0 Å². The van der Waals surface area contributed by atoms with Crippen molar-refractivity contribution in [3.8, 4) is 0 Å². The maximum atomic E-state index is 12.1. The number of carboxylic acids is 1. The fourth-order valence-electron chi connectivity index (χ4n) is 2.78. The summed E-state index contributed by atoms with van der Waals surface area (Å²) >= 11 is 0. The normalized spacial score (nSPS) is 30.1. The van der Waals surface area contributed by atoms with Crippen molar-refractivity contribution < 1.29 is 23.1 Å². The van der Waals surface area contributed by atoms with Crippen LogP contribution in [0.4, 0.5) is 4.79 Å². The Morgan fingerprint density at radius 2 is 1.90 bits per heavy atom. The van der Waals surface area contributed by atoms with Crippen LogP contribution in [-0.4, -0.2) is 60.6 Å². The molecular formula is C12H20N2O5S. The summed E-state index contributed by atoms with van der Waals surface area (Å²) in [4.78, 5) is 24.5. The monoisotopic (exact) mass is 304 g/mol. The largest absolute Gasteiger partial charge is 0.481 e. The van der Waals surface area contributed by atoms with Gasteiger partial charge in [-0.05, 0) is 26.2 Å². The number of sulfone groups is 1. The van der Waals surface area contributed by atoms with Gasteiger partial charge < -0.3 is 15.3 Å². The highest BCUT2D eigenvalue weighted by atomic mass is 32.2. The van der Waals surface area contributed by atoms with Gasteiger partial charge in [0.05, 0.1) is 23.0 Å². The van der Waals surface area contributed by atoms with Gasteiger partial charge >= 0.3 is 12.0 Å². The summed E-state index contributed by atoms with van der Waals surface area (Å²) in [6.07, 6.45) is 1.31. The zero-order valence-corrected chi connectivity index (χ0v) is 12.3. The summed E-state index contributed by atoms with van der Waals surface area (Å²) in [5, 5.41) is 11.7. The quantitative estimate of drug-likeness (QED) is 0.751. The Hall–Kier alpha value is -1.31. The average molecular weight is 304 g/mol. The average Bonchev–Trinajstić information content (AvgIpc) is 2.63. The van der Waals surface area contributed by atoms with Crippen molar-refractivity contribution in [3.63, 3.8) is 0 Å². The van der Waals surface area contributed by atoms with Crippen LogP contribution < -0.4 is 5.32 Å². The lowest BCUT2D eigenvalue weighted by molar-refractivity contribution is -0.143. The van der Waals surface area contributed by atoms with Crippen LogP contribution >= 0.6 is 0 Å². The van der Waals surface area contributed by atoms with E-state index in [1.807, 2.05) is 0 Å². The molecule has 2 amide bonds. The molecule has 20 heavy (non-hydrogen) atoms. The van der Waals surface area contributed by atoms with Gasteiger partial charge in [-0.2, -0.15) is 0 Å². The van der Waals surface area contributed by atoms with Crippen LogP contribution in [0.2, 0.25) is 0 Å². The molecule has 0 radical (unpaired) electrons.